The van der Waals surface area contributed by atoms with E-state index < -0.39 is 0 Å². The zero-order valence-corrected chi connectivity index (χ0v) is 11.8. The summed E-state index contributed by atoms with van der Waals surface area (Å²) in [5.74, 6) is 0.0130. The van der Waals surface area contributed by atoms with Gasteiger partial charge in [0.05, 0.1) is 10.2 Å². The molecule has 0 aromatic carbocycles. The molecule has 0 atom stereocenters. The summed E-state index contributed by atoms with van der Waals surface area (Å²) >= 11 is 1.40. The number of nitrogens with zero attached hydrogens (tertiary/aromatic N) is 1. The molecule has 0 amide bonds. The monoisotopic (exact) mass is 274 g/mol. The van der Waals surface area contributed by atoms with E-state index in [-0.39, 0.29) is 16.7 Å². The van der Waals surface area contributed by atoms with Crippen LogP contribution in [0.4, 0.5) is 0 Å². The Morgan fingerprint density at radius 3 is 2.74 bits per heavy atom. The molecular formula is C14H14N2O2S. The first-order chi connectivity index (χ1) is 8.86. The Hall–Kier alpha value is -1.88. The number of hydrogen-bond donors (Lipinski definition) is 2. The lowest BCUT2D eigenvalue weighted by Crippen LogP contribution is -2.12. The molecule has 0 aliphatic carbocycles. The van der Waals surface area contributed by atoms with Gasteiger partial charge in [-0.05, 0) is 12.1 Å². The number of hydrogen-bond acceptors (Lipinski definition) is 4. The van der Waals surface area contributed by atoms with Crippen molar-refractivity contribution in [1.29, 1.82) is 0 Å². The maximum Gasteiger partial charge on any atom is 0.252 e. The molecule has 0 fully saturated rings. The van der Waals surface area contributed by atoms with Gasteiger partial charge in [0, 0.05) is 22.6 Å². The summed E-state index contributed by atoms with van der Waals surface area (Å²) in [5, 5.41) is 10.7. The minimum absolute atomic E-state index is 0.0130. The van der Waals surface area contributed by atoms with Crippen molar-refractivity contribution in [3.63, 3.8) is 0 Å². The summed E-state index contributed by atoms with van der Waals surface area (Å²) in [6, 6.07) is 5.12. The lowest BCUT2D eigenvalue weighted by Gasteiger charge is -2.17. The number of fused-ring (bicyclic) bond motifs is 3. The molecule has 3 aromatic heterocycles. The van der Waals surface area contributed by atoms with Gasteiger partial charge in [-0.3, -0.25) is 4.79 Å². The van der Waals surface area contributed by atoms with E-state index >= 15 is 0 Å². The Balaban J connectivity index is 2.41. The van der Waals surface area contributed by atoms with Gasteiger partial charge in [0.2, 0.25) is 0 Å². The zero-order chi connectivity index (χ0) is 13.8. The molecule has 5 heteroatoms. The number of aromatic hydroxyl groups is 1. The first kappa shape index (κ1) is 12.2. The number of aromatic nitrogens is 2. The summed E-state index contributed by atoms with van der Waals surface area (Å²) in [7, 11) is 0. The highest BCUT2D eigenvalue weighted by Gasteiger charge is 2.18. The topological polar surface area (TPSA) is 66.0 Å². The predicted molar refractivity (Wildman–Crippen MR) is 78.1 cm³/mol. The molecule has 0 unspecified atom stereocenters. The van der Waals surface area contributed by atoms with Crippen LogP contribution >= 0.6 is 11.3 Å². The minimum atomic E-state index is -0.301. The first-order valence-corrected chi connectivity index (χ1v) is 6.84. The summed E-state index contributed by atoms with van der Waals surface area (Å²) in [6.07, 6.45) is 0. The van der Waals surface area contributed by atoms with Crippen molar-refractivity contribution in [3.8, 4) is 5.75 Å². The number of pyridine rings is 2. The fraction of sp³-hybridized carbons (Fsp3) is 0.286. The van der Waals surface area contributed by atoms with Crippen LogP contribution in [0, 0.1) is 0 Å². The van der Waals surface area contributed by atoms with Crippen LogP contribution in [0.3, 0.4) is 0 Å². The number of nitrogens with one attached hydrogen (secondary N) is 1. The van der Waals surface area contributed by atoms with Gasteiger partial charge in [-0.25, -0.2) is 4.98 Å². The van der Waals surface area contributed by atoms with Crippen LogP contribution < -0.4 is 5.56 Å². The second-order valence-electron chi connectivity index (χ2n) is 5.62. The van der Waals surface area contributed by atoms with Crippen LogP contribution in [0.15, 0.2) is 23.0 Å². The highest BCUT2D eigenvalue weighted by Crippen LogP contribution is 2.36. The predicted octanol–water partition coefficient (Wildman–Crippen LogP) is 3.14. The molecular weight excluding hydrogens is 260 g/mol. The van der Waals surface area contributed by atoms with Crippen molar-refractivity contribution >= 4 is 31.8 Å². The molecule has 0 radical (unpaired) electrons. The van der Waals surface area contributed by atoms with Gasteiger partial charge in [-0.2, -0.15) is 0 Å². The third kappa shape index (κ3) is 1.90. The molecule has 0 aliphatic rings. The largest absolute Gasteiger partial charge is 0.506 e. The van der Waals surface area contributed by atoms with Crippen LogP contribution in [0.2, 0.25) is 0 Å². The van der Waals surface area contributed by atoms with Crippen molar-refractivity contribution in [3.05, 3.63) is 34.2 Å². The highest BCUT2D eigenvalue weighted by atomic mass is 32.1. The fourth-order valence-corrected chi connectivity index (χ4v) is 3.09. The second-order valence-corrected chi connectivity index (χ2v) is 6.62. The standard InChI is InChI=1S/C14H14N2O2S/c1-14(2,3)9-5-4-7-11-12(19-13(7)15-9)8(17)6-10(18)16-11/h4-6H,1-3H3,(H2,16,17,18). The summed E-state index contributed by atoms with van der Waals surface area (Å²) in [4.78, 5) is 19.7. The Kier molecular flexibility index (Phi) is 2.44. The normalized spacial score (nSPS) is 12.4. The van der Waals surface area contributed by atoms with E-state index in [2.05, 4.69) is 30.7 Å². The quantitative estimate of drug-likeness (QED) is 0.662. The molecule has 0 spiro atoms. The molecule has 2 N–H and O–H groups in total. The van der Waals surface area contributed by atoms with Crippen molar-refractivity contribution in [2.75, 3.05) is 0 Å². The first-order valence-electron chi connectivity index (χ1n) is 6.02. The van der Waals surface area contributed by atoms with Crippen LogP contribution in [0.25, 0.3) is 20.4 Å². The third-order valence-corrected chi connectivity index (χ3v) is 4.19. The number of thiophene rings is 1. The number of rotatable bonds is 0. The molecule has 4 nitrogen and oxygen atoms in total. The van der Waals surface area contributed by atoms with Gasteiger partial charge in [0.25, 0.3) is 5.56 Å². The maximum absolute atomic E-state index is 11.4. The molecule has 19 heavy (non-hydrogen) atoms. The SMILES string of the molecule is CC(C)(C)c1ccc2c(n1)sc1c(O)cc(=O)[nH]c12. The maximum atomic E-state index is 11.4. The lowest BCUT2D eigenvalue weighted by atomic mass is 9.91. The Bertz CT molecular complexity index is 840. The van der Waals surface area contributed by atoms with Gasteiger partial charge >= 0.3 is 0 Å². The van der Waals surface area contributed by atoms with Crippen molar-refractivity contribution in [1.82, 2.24) is 9.97 Å². The zero-order valence-electron chi connectivity index (χ0n) is 10.9. The van der Waals surface area contributed by atoms with Crippen LogP contribution in [0.1, 0.15) is 26.5 Å². The Morgan fingerprint density at radius 1 is 1.32 bits per heavy atom. The minimum Gasteiger partial charge on any atom is -0.506 e. The number of H-pyrrole nitrogens is 1. The van der Waals surface area contributed by atoms with Crippen molar-refractivity contribution < 1.29 is 5.11 Å². The van der Waals surface area contributed by atoms with Gasteiger partial charge < -0.3 is 10.1 Å². The van der Waals surface area contributed by atoms with E-state index in [1.165, 1.54) is 17.4 Å². The summed E-state index contributed by atoms with van der Waals surface area (Å²) in [5.41, 5.74) is 1.33. The Morgan fingerprint density at radius 2 is 2.05 bits per heavy atom. The lowest BCUT2D eigenvalue weighted by molar-refractivity contribution is 0.481. The van der Waals surface area contributed by atoms with E-state index in [9.17, 15) is 9.90 Å². The Labute approximate surface area is 113 Å². The molecule has 3 heterocycles. The van der Waals surface area contributed by atoms with E-state index in [1.54, 1.807) is 0 Å². The van der Waals surface area contributed by atoms with E-state index in [1.807, 2.05) is 12.1 Å². The smallest absolute Gasteiger partial charge is 0.252 e. The molecule has 0 saturated carbocycles. The van der Waals surface area contributed by atoms with Crippen LogP contribution in [-0.2, 0) is 5.41 Å². The van der Waals surface area contributed by atoms with Crippen molar-refractivity contribution in [2.45, 2.75) is 26.2 Å². The average Bonchev–Trinajstić information content (AvgIpc) is 2.66. The van der Waals surface area contributed by atoms with Gasteiger partial charge in [0.1, 0.15) is 10.6 Å². The van der Waals surface area contributed by atoms with Gasteiger partial charge in [-0.15, -0.1) is 11.3 Å². The van der Waals surface area contributed by atoms with Gasteiger partial charge in [0.15, 0.2) is 0 Å². The molecule has 0 saturated heterocycles. The molecule has 0 aliphatic heterocycles. The second kappa shape index (κ2) is 3.81. The molecule has 98 valence electrons. The average molecular weight is 274 g/mol. The molecule has 3 aromatic rings. The summed E-state index contributed by atoms with van der Waals surface area (Å²) < 4.78 is 0.674. The highest BCUT2D eigenvalue weighted by molar-refractivity contribution is 7.25. The fourth-order valence-electron chi connectivity index (χ4n) is 2.05. The van der Waals surface area contributed by atoms with E-state index in [4.69, 9.17) is 0 Å². The van der Waals surface area contributed by atoms with Gasteiger partial charge in [-0.1, -0.05) is 20.8 Å². The molecule has 0 bridgehead atoms. The number of aromatic amines is 1. The van der Waals surface area contributed by atoms with Crippen LogP contribution in [0.5, 0.6) is 5.75 Å². The summed E-state index contributed by atoms with van der Waals surface area (Å²) in [6.45, 7) is 6.31. The van der Waals surface area contributed by atoms with Crippen molar-refractivity contribution in [2.24, 2.45) is 0 Å². The third-order valence-electron chi connectivity index (χ3n) is 3.07. The van der Waals surface area contributed by atoms with E-state index in [0.29, 0.717) is 10.2 Å². The van der Waals surface area contributed by atoms with Crippen LogP contribution in [-0.4, -0.2) is 15.1 Å². The molecule has 3 rings (SSSR count). The van der Waals surface area contributed by atoms with E-state index in [0.717, 1.165) is 15.9 Å².